The molecule has 2 amide bonds. The predicted molar refractivity (Wildman–Crippen MR) is 136 cm³/mol. The zero-order valence-corrected chi connectivity index (χ0v) is 20.3. The first-order valence-corrected chi connectivity index (χ1v) is 12.4. The van der Waals surface area contributed by atoms with Crippen molar-refractivity contribution in [3.8, 4) is 0 Å². The minimum atomic E-state index is -0.874. The molecule has 0 aliphatic carbocycles. The van der Waals surface area contributed by atoms with Gasteiger partial charge in [-0.05, 0) is 43.4 Å². The Morgan fingerprint density at radius 1 is 1.11 bits per heavy atom. The highest BCUT2D eigenvalue weighted by molar-refractivity contribution is 7.80. The number of rotatable bonds is 4. The molecule has 0 saturated carbocycles. The molecule has 2 aromatic rings. The number of pyridine rings is 1. The zero-order chi connectivity index (χ0) is 24.2. The molecule has 1 aromatic carbocycles. The van der Waals surface area contributed by atoms with E-state index in [1.807, 2.05) is 61.5 Å². The summed E-state index contributed by atoms with van der Waals surface area (Å²) < 4.78 is 6.25. The third-order valence-electron chi connectivity index (χ3n) is 7.50. The number of benzene rings is 1. The van der Waals surface area contributed by atoms with Gasteiger partial charge in [-0.2, -0.15) is 0 Å². The van der Waals surface area contributed by atoms with Crippen LogP contribution in [0.5, 0.6) is 0 Å². The summed E-state index contributed by atoms with van der Waals surface area (Å²) in [6.45, 7) is 5.53. The maximum atomic E-state index is 13.5. The molecule has 5 heterocycles. The first kappa shape index (κ1) is 22.2. The molecule has 8 nitrogen and oxygen atoms in total. The van der Waals surface area contributed by atoms with Crippen LogP contribution in [0, 0.1) is 18.8 Å². The number of ether oxygens (including phenoxy) is 1. The molecule has 0 spiro atoms. The molecule has 4 aliphatic rings. The van der Waals surface area contributed by atoms with Crippen molar-refractivity contribution in [2.24, 2.45) is 11.8 Å². The molecule has 4 atom stereocenters. The Bertz CT molecular complexity index is 1200. The Hall–Kier alpha value is -3.30. The number of carbonyl (C=O) groups excluding carboxylic acids is 2. The zero-order valence-electron chi connectivity index (χ0n) is 19.5. The van der Waals surface area contributed by atoms with E-state index in [2.05, 4.69) is 20.1 Å². The summed E-state index contributed by atoms with van der Waals surface area (Å²) in [5.74, 6) is -0.464. The summed E-state index contributed by atoms with van der Waals surface area (Å²) in [4.78, 5) is 36.9. The van der Waals surface area contributed by atoms with E-state index < -0.39 is 17.4 Å². The lowest BCUT2D eigenvalue weighted by Gasteiger charge is -2.38. The lowest BCUT2D eigenvalue weighted by atomic mass is 9.77. The highest BCUT2D eigenvalue weighted by Gasteiger charge is 2.67. The summed E-state index contributed by atoms with van der Waals surface area (Å²) >= 11 is 5.70. The van der Waals surface area contributed by atoms with Crippen molar-refractivity contribution in [1.82, 2.24) is 15.2 Å². The fourth-order valence-electron chi connectivity index (χ4n) is 5.66. The number of nitrogens with zero attached hydrogens (tertiary/aromatic N) is 4. The highest BCUT2D eigenvalue weighted by atomic mass is 32.1. The molecule has 1 aromatic heterocycles. The van der Waals surface area contributed by atoms with Gasteiger partial charge in [0, 0.05) is 32.4 Å². The Balaban J connectivity index is 1.12. The van der Waals surface area contributed by atoms with Crippen molar-refractivity contribution in [3.63, 3.8) is 0 Å². The molecule has 0 unspecified atom stereocenters. The van der Waals surface area contributed by atoms with Gasteiger partial charge in [0.15, 0.2) is 5.11 Å². The highest BCUT2D eigenvalue weighted by Crippen LogP contribution is 2.52. The average molecular weight is 490 g/mol. The van der Waals surface area contributed by atoms with Crippen LogP contribution >= 0.6 is 12.2 Å². The number of imide groups is 1. The fraction of sp³-hybridized carbons (Fsp3) is 0.385. The van der Waals surface area contributed by atoms with Crippen molar-refractivity contribution in [2.75, 3.05) is 42.5 Å². The molecule has 35 heavy (non-hydrogen) atoms. The molecule has 2 bridgehead atoms. The van der Waals surface area contributed by atoms with Crippen LogP contribution < -0.4 is 15.1 Å². The number of hydrogen-bond donors (Lipinski definition) is 1. The number of aromatic nitrogens is 1. The van der Waals surface area contributed by atoms with E-state index in [1.54, 1.807) is 6.20 Å². The number of carbonyl (C=O) groups is 2. The second kappa shape index (κ2) is 8.42. The van der Waals surface area contributed by atoms with E-state index in [1.165, 1.54) is 4.90 Å². The van der Waals surface area contributed by atoms with E-state index in [0.29, 0.717) is 17.3 Å². The fourth-order valence-corrected chi connectivity index (χ4v) is 5.91. The smallest absolute Gasteiger partial charge is 0.241 e. The quantitative estimate of drug-likeness (QED) is 0.397. The first-order chi connectivity index (χ1) is 17.0. The number of piperazine rings is 1. The monoisotopic (exact) mass is 489 g/mol. The van der Waals surface area contributed by atoms with Gasteiger partial charge in [-0.3, -0.25) is 9.59 Å². The van der Waals surface area contributed by atoms with Crippen LogP contribution in [0.3, 0.4) is 0 Å². The Morgan fingerprint density at radius 3 is 2.60 bits per heavy atom. The van der Waals surface area contributed by atoms with Crippen molar-refractivity contribution in [3.05, 3.63) is 66.4 Å². The predicted octanol–water partition coefficient (Wildman–Crippen LogP) is 1.90. The van der Waals surface area contributed by atoms with Gasteiger partial charge in [0.2, 0.25) is 11.8 Å². The molecule has 0 radical (unpaired) electrons. The molecule has 4 aliphatic heterocycles. The molecule has 180 valence electrons. The number of nitrogens with one attached hydrogen (secondary N) is 1. The van der Waals surface area contributed by atoms with Crippen LogP contribution in [0.4, 0.5) is 11.5 Å². The number of hydrogen-bond acceptors (Lipinski definition) is 6. The van der Waals surface area contributed by atoms with E-state index in [9.17, 15) is 9.59 Å². The lowest BCUT2D eigenvalue weighted by Crippen LogP contribution is -2.55. The van der Waals surface area contributed by atoms with Gasteiger partial charge in [-0.25, -0.2) is 9.88 Å². The van der Waals surface area contributed by atoms with Crippen LogP contribution in [-0.2, 0) is 14.3 Å². The molecule has 9 heteroatoms. The summed E-state index contributed by atoms with van der Waals surface area (Å²) in [5, 5.41) is 3.98. The van der Waals surface area contributed by atoms with E-state index in [0.717, 1.165) is 37.6 Å². The van der Waals surface area contributed by atoms with Crippen LogP contribution in [-0.4, -0.2) is 71.2 Å². The van der Waals surface area contributed by atoms with Gasteiger partial charge in [-0.15, -0.1) is 0 Å². The largest absolute Gasteiger partial charge is 0.360 e. The van der Waals surface area contributed by atoms with Crippen LogP contribution in [0.25, 0.3) is 0 Å². The van der Waals surface area contributed by atoms with Crippen molar-refractivity contribution in [1.29, 1.82) is 0 Å². The molecule has 3 fully saturated rings. The van der Waals surface area contributed by atoms with Crippen molar-refractivity contribution >= 4 is 40.6 Å². The Kier molecular flexibility index (Phi) is 5.34. The van der Waals surface area contributed by atoms with E-state index >= 15 is 0 Å². The van der Waals surface area contributed by atoms with E-state index in [-0.39, 0.29) is 17.9 Å². The molecular formula is C26H27N5O3S. The number of aryl methyl sites for hydroxylation is 1. The normalized spacial score (nSPS) is 29.2. The number of anilines is 2. The lowest BCUT2D eigenvalue weighted by molar-refractivity contribution is -0.126. The number of thiocarbonyl (C=S) groups is 1. The first-order valence-electron chi connectivity index (χ1n) is 12.0. The van der Waals surface area contributed by atoms with Crippen molar-refractivity contribution < 1.29 is 14.3 Å². The third kappa shape index (κ3) is 3.61. The molecule has 1 N–H and O–H groups in total. The van der Waals surface area contributed by atoms with Crippen molar-refractivity contribution in [2.45, 2.75) is 18.6 Å². The van der Waals surface area contributed by atoms with Gasteiger partial charge >= 0.3 is 0 Å². The summed E-state index contributed by atoms with van der Waals surface area (Å²) in [6.07, 6.45) is 5.28. The molecule has 3 saturated heterocycles. The van der Waals surface area contributed by atoms with Crippen LogP contribution in [0.15, 0.2) is 60.8 Å². The van der Waals surface area contributed by atoms with Crippen LogP contribution in [0.1, 0.15) is 5.56 Å². The Morgan fingerprint density at radius 2 is 1.89 bits per heavy atom. The van der Waals surface area contributed by atoms with E-state index in [4.69, 9.17) is 17.0 Å². The maximum absolute atomic E-state index is 13.5. The average Bonchev–Trinajstić information content (AvgIpc) is 3.54. The summed E-state index contributed by atoms with van der Waals surface area (Å²) in [7, 11) is 0. The standard InChI is InChI=1S/C26H27N5O3S/c1-17-5-7-18(8-6-17)31-23(32)21-19-9-10-26(34-19,22(21)24(31)33)16-28-25(35)30-14-12-29(13-15-30)20-4-2-3-11-27-20/h2-11,19,21-22H,12-16H2,1H3,(H,28,35)/t19-,21+,22+,26+/m1/s1. The number of fused-ring (bicyclic) bond motifs is 5. The molecular weight excluding hydrogens is 462 g/mol. The number of amides is 2. The SMILES string of the molecule is Cc1ccc(N2C(=O)[C@@H]3[C@@H](C2=O)[C@@]2(CNC(=S)N4CCN(c5ccccn5)CC4)C=C[C@H]3O2)cc1. The Labute approximate surface area is 209 Å². The van der Waals surface area contributed by atoms with Gasteiger partial charge in [0.25, 0.3) is 0 Å². The van der Waals surface area contributed by atoms with Crippen LogP contribution in [0.2, 0.25) is 0 Å². The summed E-state index contributed by atoms with van der Waals surface area (Å²) in [6, 6.07) is 13.4. The van der Waals surface area contributed by atoms with Gasteiger partial charge in [0.1, 0.15) is 11.4 Å². The maximum Gasteiger partial charge on any atom is 0.241 e. The van der Waals surface area contributed by atoms with Gasteiger partial charge < -0.3 is 19.9 Å². The topological polar surface area (TPSA) is 78.0 Å². The minimum absolute atomic E-state index is 0.187. The van der Waals surface area contributed by atoms with Gasteiger partial charge in [-0.1, -0.05) is 35.9 Å². The third-order valence-corrected chi connectivity index (χ3v) is 7.91. The second-order valence-electron chi connectivity index (χ2n) is 9.57. The van der Waals surface area contributed by atoms with Gasteiger partial charge in [0.05, 0.1) is 30.2 Å². The minimum Gasteiger partial charge on any atom is -0.360 e. The second-order valence-corrected chi connectivity index (χ2v) is 9.95. The molecule has 6 rings (SSSR count). The summed E-state index contributed by atoms with van der Waals surface area (Å²) in [5.41, 5.74) is 0.818.